The van der Waals surface area contributed by atoms with Gasteiger partial charge in [-0.3, -0.25) is 4.79 Å². The van der Waals surface area contributed by atoms with E-state index in [1.165, 1.54) is 18.3 Å². The SMILES string of the molecule is O=C(c1ccccc1)C(F)(F)Cc1cnc(-c2ccccc2)o1. The minimum absolute atomic E-state index is 0.0275. The lowest BCUT2D eigenvalue weighted by molar-refractivity contribution is 0.00779. The normalized spacial score (nSPS) is 11.4. The maximum Gasteiger partial charge on any atom is 0.316 e. The molecular formula is C18H13F2NO2. The summed E-state index contributed by atoms with van der Waals surface area (Å²) in [7, 11) is 0. The van der Waals surface area contributed by atoms with Gasteiger partial charge in [-0.1, -0.05) is 48.5 Å². The average Bonchev–Trinajstić information content (AvgIpc) is 3.03. The zero-order valence-corrected chi connectivity index (χ0v) is 12.1. The fourth-order valence-corrected chi connectivity index (χ4v) is 2.20. The lowest BCUT2D eigenvalue weighted by Crippen LogP contribution is -2.31. The van der Waals surface area contributed by atoms with Gasteiger partial charge in [-0.15, -0.1) is 0 Å². The maximum atomic E-state index is 14.2. The molecule has 0 radical (unpaired) electrons. The molecule has 0 N–H and O–H groups in total. The standard InChI is InChI=1S/C18H13F2NO2/c19-18(20,16(22)13-7-3-1-4-8-13)11-15-12-21-17(23-15)14-9-5-2-6-10-14/h1-10,12H,11H2. The zero-order chi connectivity index (χ0) is 16.3. The molecule has 5 heteroatoms. The Kier molecular flexibility index (Phi) is 4.02. The molecule has 0 unspecified atom stereocenters. The van der Waals surface area contributed by atoms with Crippen LogP contribution in [0.4, 0.5) is 8.78 Å². The molecule has 116 valence electrons. The fraction of sp³-hybridized carbons (Fsp3) is 0.111. The van der Waals surface area contributed by atoms with Crippen LogP contribution in [0.5, 0.6) is 0 Å². The van der Waals surface area contributed by atoms with E-state index in [-0.39, 0.29) is 17.2 Å². The van der Waals surface area contributed by atoms with Gasteiger partial charge in [0.2, 0.25) is 11.7 Å². The molecule has 0 aliphatic rings. The van der Waals surface area contributed by atoms with Crippen molar-refractivity contribution >= 4 is 5.78 Å². The average molecular weight is 313 g/mol. The predicted octanol–water partition coefficient (Wildman–Crippen LogP) is 4.40. The van der Waals surface area contributed by atoms with Crippen LogP contribution in [-0.4, -0.2) is 16.7 Å². The molecule has 23 heavy (non-hydrogen) atoms. The van der Waals surface area contributed by atoms with E-state index in [0.29, 0.717) is 5.56 Å². The molecule has 0 spiro atoms. The first-order valence-electron chi connectivity index (χ1n) is 7.04. The van der Waals surface area contributed by atoms with E-state index in [9.17, 15) is 13.6 Å². The van der Waals surface area contributed by atoms with Crippen LogP contribution < -0.4 is 0 Å². The van der Waals surface area contributed by atoms with Crippen LogP contribution in [0.1, 0.15) is 16.1 Å². The van der Waals surface area contributed by atoms with E-state index in [2.05, 4.69) is 4.98 Å². The Morgan fingerprint density at radius 3 is 2.26 bits per heavy atom. The summed E-state index contributed by atoms with van der Waals surface area (Å²) in [5, 5.41) is 0. The summed E-state index contributed by atoms with van der Waals surface area (Å²) >= 11 is 0. The molecule has 2 aromatic carbocycles. The molecular weight excluding hydrogens is 300 g/mol. The molecule has 1 aromatic heterocycles. The summed E-state index contributed by atoms with van der Waals surface area (Å²) < 4.78 is 33.7. The smallest absolute Gasteiger partial charge is 0.316 e. The number of rotatable bonds is 5. The number of nitrogens with zero attached hydrogens (tertiary/aromatic N) is 1. The highest BCUT2D eigenvalue weighted by Crippen LogP contribution is 2.27. The summed E-state index contributed by atoms with van der Waals surface area (Å²) in [4.78, 5) is 15.9. The number of ketones is 1. The first kappa shape index (κ1) is 15.1. The van der Waals surface area contributed by atoms with Crippen molar-refractivity contribution in [3.8, 4) is 11.5 Å². The molecule has 0 amide bonds. The number of carbonyl (C=O) groups is 1. The predicted molar refractivity (Wildman–Crippen MR) is 81.4 cm³/mol. The third-order valence-corrected chi connectivity index (χ3v) is 3.34. The van der Waals surface area contributed by atoms with Crippen LogP contribution in [0.15, 0.2) is 71.3 Å². The van der Waals surface area contributed by atoms with Crippen LogP contribution in [-0.2, 0) is 6.42 Å². The molecule has 3 rings (SSSR count). The monoisotopic (exact) mass is 313 g/mol. The van der Waals surface area contributed by atoms with E-state index in [0.717, 1.165) is 0 Å². The molecule has 0 aliphatic carbocycles. The number of halogens is 2. The van der Waals surface area contributed by atoms with Crippen molar-refractivity contribution in [2.45, 2.75) is 12.3 Å². The second kappa shape index (κ2) is 6.12. The molecule has 0 saturated carbocycles. The first-order chi connectivity index (χ1) is 11.1. The molecule has 0 aliphatic heterocycles. The summed E-state index contributed by atoms with van der Waals surface area (Å²) in [5.74, 6) is -4.55. The summed E-state index contributed by atoms with van der Waals surface area (Å²) in [6.45, 7) is 0. The van der Waals surface area contributed by atoms with E-state index in [1.807, 2.05) is 6.07 Å². The molecule has 0 bridgehead atoms. The van der Waals surface area contributed by atoms with E-state index < -0.39 is 18.1 Å². The largest absolute Gasteiger partial charge is 0.441 e. The second-order valence-corrected chi connectivity index (χ2v) is 5.07. The number of hydrogen-bond acceptors (Lipinski definition) is 3. The number of benzene rings is 2. The highest BCUT2D eigenvalue weighted by Gasteiger charge is 2.40. The number of hydrogen-bond donors (Lipinski definition) is 0. The van der Waals surface area contributed by atoms with E-state index in [1.54, 1.807) is 42.5 Å². The Bertz CT molecular complexity index is 798. The minimum Gasteiger partial charge on any atom is -0.441 e. The molecule has 0 fully saturated rings. The Hall–Kier alpha value is -2.82. The molecule has 0 atom stereocenters. The molecule has 1 heterocycles. The van der Waals surface area contributed by atoms with Crippen molar-refractivity contribution in [1.82, 2.24) is 4.98 Å². The highest BCUT2D eigenvalue weighted by atomic mass is 19.3. The van der Waals surface area contributed by atoms with Crippen molar-refractivity contribution in [1.29, 1.82) is 0 Å². The third kappa shape index (κ3) is 3.34. The minimum atomic E-state index is -3.55. The van der Waals surface area contributed by atoms with Crippen molar-refractivity contribution < 1.29 is 18.0 Å². The topological polar surface area (TPSA) is 43.1 Å². The molecule has 3 nitrogen and oxygen atoms in total. The van der Waals surface area contributed by atoms with Gasteiger partial charge in [0.05, 0.1) is 12.6 Å². The van der Waals surface area contributed by atoms with Gasteiger partial charge in [0.1, 0.15) is 5.76 Å². The lowest BCUT2D eigenvalue weighted by atomic mass is 10.0. The second-order valence-electron chi connectivity index (χ2n) is 5.07. The van der Waals surface area contributed by atoms with Crippen LogP contribution in [0.2, 0.25) is 0 Å². The van der Waals surface area contributed by atoms with Crippen LogP contribution in [0.3, 0.4) is 0 Å². The van der Waals surface area contributed by atoms with Gasteiger partial charge >= 0.3 is 5.92 Å². The summed E-state index contributed by atoms with van der Waals surface area (Å²) in [6.07, 6.45) is 0.412. The van der Waals surface area contributed by atoms with E-state index in [4.69, 9.17) is 4.42 Å². The highest BCUT2D eigenvalue weighted by molar-refractivity contribution is 6.01. The number of carbonyl (C=O) groups excluding carboxylic acids is 1. The van der Waals surface area contributed by atoms with Gasteiger partial charge in [0.15, 0.2) is 0 Å². The van der Waals surface area contributed by atoms with Crippen molar-refractivity contribution in [2.75, 3.05) is 0 Å². The quantitative estimate of drug-likeness (QED) is 0.656. The maximum absolute atomic E-state index is 14.2. The van der Waals surface area contributed by atoms with Crippen molar-refractivity contribution in [2.24, 2.45) is 0 Å². The summed E-state index contributed by atoms with van der Waals surface area (Å²) in [5.41, 5.74) is 0.664. The van der Waals surface area contributed by atoms with Crippen LogP contribution >= 0.6 is 0 Å². The number of oxazole rings is 1. The van der Waals surface area contributed by atoms with Crippen molar-refractivity contribution in [3.63, 3.8) is 0 Å². The first-order valence-corrected chi connectivity index (χ1v) is 7.04. The van der Waals surface area contributed by atoms with Gasteiger partial charge in [0.25, 0.3) is 0 Å². The fourth-order valence-electron chi connectivity index (χ4n) is 2.20. The number of Topliss-reactive ketones (excluding diaryl/α,β-unsaturated/α-hetero) is 1. The van der Waals surface area contributed by atoms with Crippen molar-refractivity contribution in [3.05, 3.63) is 78.2 Å². The van der Waals surface area contributed by atoms with Gasteiger partial charge in [-0.25, -0.2) is 4.98 Å². The lowest BCUT2D eigenvalue weighted by Gasteiger charge is -2.13. The Morgan fingerprint density at radius 1 is 1.00 bits per heavy atom. The molecule has 3 aromatic rings. The van der Waals surface area contributed by atoms with Gasteiger partial charge in [0, 0.05) is 11.1 Å². The Morgan fingerprint density at radius 2 is 1.61 bits per heavy atom. The van der Waals surface area contributed by atoms with Gasteiger partial charge < -0.3 is 4.42 Å². The van der Waals surface area contributed by atoms with Gasteiger partial charge in [-0.2, -0.15) is 8.78 Å². The van der Waals surface area contributed by atoms with Gasteiger partial charge in [-0.05, 0) is 12.1 Å². The molecule has 0 saturated heterocycles. The van der Waals surface area contributed by atoms with E-state index >= 15 is 0 Å². The number of aromatic nitrogens is 1. The third-order valence-electron chi connectivity index (χ3n) is 3.34. The Labute approximate surface area is 131 Å². The number of alkyl halides is 2. The Balaban J connectivity index is 1.79. The van der Waals surface area contributed by atoms with Crippen LogP contribution in [0, 0.1) is 0 Å². The van der Waals surface area contributed by atoms with Crippen LogP contribution in [0.25, 0.3) is 11.5 Å². The zero-order valence-electron chi connectivity index (χ0n) is 12.1. The summed E-state index contributed by atoms with van der Waals surface area (Å²) in [6, 6.07) is 16.5.